The smallest absolute Gasteiger partial charge is 0.475 e. The molecule has 8 nitrogen and oxygen atoms in total. The van der Waals surface area contributed by atoms with Crippen molar-refractivity contribution in [1.29, 1.82) is 0 Å². The quantitative estimate of drug-likeness (QED) is 0.476. The van der Waals surface area contributed by atoms with Crippen LogP contribution in [0.3, 0.4) is 0 Å². The molecule has 5 rings (SSSR count). The minimum Gasteiger partial charge on any atom is -0.475 e. The summed E-state index contributed by atoms with van der Waals surface area (Å²) in [5, 5.41) is 10.0. The highest BCUT2D eigenvalue weighted by Gasteiger charge is 2.38. The number of benzene rings is 1. The second-order valence-electron chi connectivity index (χ2n) is 9.04. The minimum atomic E-state index is -5.08. The standard InChI is InChI=1S/C25H27N5O.C2HF3O2/c1-29-12-14-30(15-13-29)24-5-3-2-4-18(24)6-7-20-16-19(8-10-26-20)23-17-21-22(28-23)9-11-27-25(21)31;3-2(4,5)1(6)7/h2-8,10,16-17,28H,9,11-15H2,1H3,(H,27,31);(H,6,7)/b7-6+;. The van der Waals surface area contributed by atoms with Crippen LogP contribution in [-0.2, 0) is 11.2 Å². The second kappa shape index (κ2) is 11.5. The van der Waals surface area contributed by atoms with Gasteiger partial charge in [-0.3, -0.25) is 9.78 Å². The molecule has 3 aromatic rings. The van der Waals surface area contributed by atoms with Crippen molar-refractivity contribution in [2.75, 3.05) is 44.7 Å². The van der Waals surface area contributed by atoms with E-state index >= 15 is 0 Å². The van der Waals surface area contributed by atoms with E-state index in [1.54, 1.807) is 0 Å². The van der Waals surface area contributed by atoms with Crippen molar-refractivity contribution in [2.45, 2.75) is 12.6 Å². The molecular weight excluding hydrogens is 499 g/mol. The zero-order chi connectivity index (χ0) is 27.3. The zero-order valence-electron chi connectivity index (χ0n) is 20.8. The predicted molar refractivity (Wildman–Crippen MR) is 139 cm³/mol. The van der Waals surface area contributed by atoms with E-state index < -0.39 is 12.1 Å². The lowest BCUT2D eigenvalue weighted by atomic mass is 10.1. The lowest BCUT2D eigenvalue weighted by Gasteiger charge is -2.34. The van der Waals surface area contributed by atoms with E-state index in [1.165, 1.54) is 11.3 Å². The number of pyridine rings is 1. The number of aromatic nitrogens is 2. The van der Waals surface area contributed by atoms with Crippen LogP contribution >= 0.6 is 0 Å². The number of rotatable bonds is 4. The number of alkyl halides is 3. The van der Waals surface area contributed by atoms with Gasteiger partial charge in [-0.25, -0.2) is 4.79 Å². The maximum Gasteiger partial charge on any atom is 0.490 e. The number of piperazine rings is 1. The van der Waals surface area contributed by atoms with Crippen LogP contribution < -0.4 is 10.2 Å². The van der Waals surface area contributed by atoms with Crippen molar-refractivity contribution < 1.29 is 27.9 Å². The molecule has 0 atom stereocenters. The summed E-state index contributed by atoms with van der Waals surface area (Å²) >= 11 is 0. The zero-order valence-corrected chi connectivity index (χ0v) is 20.8. The van der Waals surface area contributed by atoms with Gasteiger partial charge in [0.25, 0.3) is 5.91 Å². The van der Waals surface area contributed by atoms with Crippen molar-refractivity contribution in [3.8, 4) is 11.3 Å². The fraction of sp³-hybridized carbons (Fsp3) is 0.296. The number of likely N-dealkylation sites (N-methyl/N-ethyl adjacent to an activating group) is 1. The molecule has 3 N–H and O–H groups in total. The highest BCUT2D eigenvalue weighted by atomic mass is 19.4. The average molecular weight is 528 g/mol. The van der Waals surface area contributed by atoms with E-state index in [1.807, 2.05) is 18.3 Å². The second-order valence-corrected chi connectivity index (χ2v) is 9.04. The Morgan fingerprint density at radius 3 is 2.47 bits per heavy atom. The van der Waals surface area contributed by atoms with Crippen molar-refractivity contribution in [3.05, 3.63) is 71.2 Å². The van der Waals surface area contributed by atoms with Crippen molar-refractivity contribution in [1.82, 2.24) is 20.2 Å². The van der Waals surface area contributed by atoms with Gasteiger partial charge in [-0.1, -0.05) is 24.3 Å². The Balaban J connectivity index is 0.000000426. The number of aromatic amines is 1. The molecule has 0 saturated carbocycles. The summed E-state index contributed by atoms with van der Waals surface area (Å²) in [6, 6.07) is 14.5. The maximum atomic E-state index is 12.1. The van der Waals surface area contributed by atoms with Gasteiger partial charge in [0.1, 0.15) is 0 Å². The number of nitrogens with zero attached hydrogens (tertiary/aromatic N) is 3. The molecule has 2 aliphatic heterocycles. The number of carboxylic acids is 1. The Bertz CT molecular complexity index is 1330. The Labute approximate surface area is 217 Å². The molecule has 0 radical (unpaired) electrons. The molecule has 0 spiro atoms. The van der Waals surface area contributed by atoms with Gasteiger partial charge in [-0.05, 0) is 43.0 Å². The molecule has 1 fully saturated rings. The van der Waals surface area contributed by atoms with Gasteiger partial charge in [0.05, 0.1) is 11.3 Å². The fourth-order valence-corrected chi connectivity index (χ4v) is 4.29. The number of amides is 1. The first-order chi connectivity index (χ1) is 18.1. The van der Waals surface area contributed by atoms with Crippen LogP contribution in [0.4, 0.5) is 18.9 Å². The third-order valence-electron chi connectivity index (χ3n) is 6.35. The lowest BCUT2D eigenvalue weighted by Crippen LogP contribution is -2.44. The molecule has 0 bridgehead atoms. The lowest BCUT2D eigenvalue weighted by molar-refractivity contribution is -0.192. The van der Waals surface area contributed by atoms with Gasteiger partial charge in [0.15, 0.2) is 0 Å². The van der Waals surface area contributed by atoms with Gasteiger partial charge in [-0.15, -0.1) is 0 Å². The highest BCUT2D eigenvalue weighted by molar-refractivity contribution is 5.97. The Morgan fingerprint density at radius 1 is 1.08 bits per heavy atom. The number of H-pyrrole nitrogens is 1. The Morgan fingerprint density at radius 2 is 1.79 bits per heavy atom. The molecule has 1 aromatic carbocycles. The molecule has 1 amide bonds. The van der Waals surface area contributed by atoms with Crippen LogP contribution in [0.25, 0.3) is 23.4 Å². The van der Waals surface area contributed by atoms with Crippen molar-refractivity contribution in [3.63, 3.8) is 0 Å². The summed E-state index contributed by atoms with van der Waals surface area (Å²) in [4.78, 5) is 33.7. The maximum absolute atomic E-state index is 12.1. The molecule has 1 saturated heterocycles. The van der Waals surface area contributed by atoms with Crippen LogP contribution in [-0.4, -0.2) is 77.8 Å². The molecule has 0 aliphatic carbocycles. The number of carboxylic acid groups (broad SMARTS) is 1. The summed E-state index contributed by atoms with van der Waals surface area (Å²) in [5.41, 5.74) is 7.10. The average Bonchev–Trinajstić information content (AvgIpc) is 3.34. The van der Waals surface area contributed by atoms with Crippen LogP contribution in [0.15, 0.2) is 48.7 Å². The van der Waals surface area contributed by atoms with E-state index in [9.17, 15) is 18.0 Å². The van der Waals surface area contributed by atoms with E-state index in [4.69, 9.17) is 9.90 Å². The van der Waals surface area contributed by atoms with Gasteiger partial charge in [0.2, 0.25) is 0 Å². The van der Waals surface area contributed by atoms with E-state index in [-0.39, 0.29) is 5.91 Å². The highest BCUT2D eigenvalue weighted by Crippen LogP contribution is 2.26. The third-order valence-corrected chi connectivity index (χ3v) is 6.35. The van der Waals surface area contributed by atoms with Crippen LogP contribution in [0.2, 0.25) is 0 Å². The first kappa shape index (κ1) is 26.9. The molecule has 2 aromatic heterocycles. The topological polar surface area (TPSA) is 102 Å². The number of aliphatic carboxylic acids is 1. The molecular formula is C27H28F3N5O3. The van der Waals surface area contributed by atoms with Crippen LogP contribution in [0.1, 0.15) is 27.3 Å². The summed E-state index contributed by atoms with van der Waals surface area (Å²) in [6.07, 6.45) is 1.78. The number of para-hydroxylation sites is 1. The number of halogens is 3. The summed E-state index contributed by atoms with van der Waals surface area (Å²) in [6.45, 7) is 4.93. The molecule has 38 heavy (non-hydrogen) atoms. The van der Waals surface area contributed by atoms with Crippen molar-refractivity contribution >= 4 is 29.7 Å². The predicted octanol–water partition coefficient (Wildman–Crippen LogP) is 3.92. The monoisotopic (exact) mass is 527 g/mol. The largest absolute Gasteiger partial charge is 0.490 e. The molecule has 4 heterocycles. The number of carbonyl (C=O) groups is 2. The van der Waals surface area contributed by atoms with Crippen LogP contribution in [0.5, 0.6) is 0 Å². The molecule has 2 aliphatic rings. The normalized spacial score (nSPS) is 16.0. The van der Waals surface area contributed by atoms with Gasteiger partial charge in [-0.2, -0.15) is 13.2 Å². The number of anilines is 1. The van der Waals surface area contributed by atoms with Gasteiger partial charge < -0.3 is 25.2 Å². The summed E-state index contributed by atoms with van der Waals surface area (Å²) in [5.74, 6) is -2.76. The Kier molecular flexibility index (Phi) is 8.16. The number of nitrogens with one attached hydrogen (secondary N) is 2. The van der Waals surface area contributed by atoms with Crippen LogP contribution in [0, 0.1) is 0 Å². The summed E-state index contributed by atoms with van der Waals surface area (Å²) in [7, 11) is 2.18. The molecule has 0 unspecified atom stereocenters. The minimum absolute atomic E-state index is 0.00145. The van der Waals surface area contributed by atoms with Gasteiger partial charge >= 0.3 is 12.1 Å². The van der Waals surface area contributed by atoms with E-state index in [0.29, 0.717) is 6.54 Å². The first-order valence-corrected chi connectivity index (χ1v) is 12.1. The van der Waals surface area contributed by atoms with E-state index in [2.05, 4.69) is 74.6 Å². The fourth-order valence-electron chi connectivity index (χ4n) is 4.29. The SMILES string of the molecule is CN1CCN(c2ccccc2/C=C/c2cc(-c3cc4c([nH]3)CCNC4=O)ccn2)CC1.O=C(O)C(F)(F)F. The number of hydrogen-bond acceptors (Lipinski definition) is 5. The number of fused-ring (bicyclic) bond motifs is 1. The van der Waals surface area contributed by atoms with E-state index in [0.717, 1.165) is 60.8 Å². The Hall–Kier alpha value is -4.12. The third kappa shape index (κ3) is 6.60. The number of carbonyl (C=O) groups excluding carboxylic acids is 1. The van der Waals surface area contributed by atoms with Gasteiger partial charge in [0, 0.05) is 68.0 Å². The molecule has 200 valence electrons. The first-order valence-electron chi connectivity index (χ1n) is 12.1. The molecule has 11 heteroatoms. The number of hydrogen-bond donors (Lipinski definition) is 3. The van der Waals surface area contributed by atoms with Crippen molar-refractivity contribution in [2.24, 2.45) is 0 Å². The summed E-state index contributed by atoms with van der Waals surface area (Å²) < 4.78 is 31.7.